The summed E-state index contributed by atoms with van der Waals surface area (Å²) in [6.07, 6.45) is 0. The molecule has 2 aromatic carbocycles. The van der Waals surface area contributed by atoms with Gasteiger partial charge in [0, 0.05) is 57.2 Å². The summed E-state index contributed by atoms with van der Waals surface area (Å²) < 4.78 is 5.14. The number of para-hydroxylation sites is 1. The van der Waals surface area contributed by atoms with Crippen molar-refractivity contribution in [3.8, 4) is 11.3 Å². The molecule has 3 aromatic rings. The Bertz CT molecular complexity index is 896. The lowest BCUT2D eigenvalue weighted by molar-refractivity contribution is 0.210. The normalized spacial score (nSPS) is 14.1. The van der Waals surface area contributed by atoms with E-state index in [1.165, 1.54) is 5.69 Å². The zero-order valence-corrected chi connectivity index (χ0v) is 16.8. The summed E-state index contributed by atoms with van der Waals surface area (Å²) in [5, 5.41) is 3.29. The highest BCUT2D eigenvalue weighted by atomic mass is 16.5. The highest BCUT2D eigenvalue weighted by molar-refractivity contribution is 5.65. The van der Waals surface area contributed by atoms with Crippen LogP contribution in [0.2, 0.25) is 0 Å². The van der Waals surface area contributed by atoms with Crippen molar-refractivity contribution in [3.05, 3.63) is 66.7 Å². The monoisotopic (exact) mass is 389 g/mol. The van der Waals surface area contributed by atoms with Gasteiger partial charge in [-0.25, -0.2) is 4.98 Å². The fourth-order valence-electron chi connectivity index (χ4n) is 3.53. The van der Waals surface area contributed by atoms with E-state index in [0.717, 1.165) is 43.3 Å². The summed E-state index contributed by atoms with van der Waals surface area (Å²) in [5.74, 6) is 1.61. The summed E-state index contributed by atoms with van der Waals surface area (Å²) in [6, 6.07) is 22.9. The van der Waals surface area contributed by atoms with Crippen LogP contribution >= 0.6 is 0 Å². The molecule has 29 heavy (non-hydrogen) atoms. The van der Waals surface area contributed by atoms with Gasteiger partial charge in [0.15, 0.2) is 0 Å². The molecule has 0 aliphatic carbocycles. The summed E-state index contributed by atoms with van der Waals surface area (Å²) >= 11 is 0. The molecule has 1 N–H and O–H groups in total. The lowest BCUT2D eigenvalue weighted by Gasteiger charge is -2.37. The second kappa shape index (κ2) is 9.39. The molecule has 6 nitrogen and oxygen atoms in total. The Morgan fingerprint density at radius 2 is 1.52 bits per heavy atom. The van der Waals surface area contributed by atoms with E-state index in [0.29, 0.717) is 19.1 Å². The van der Waals surface area contributed by atoms with Crippen molar-refractivity contribution in [1.29, 1.82) is 0 Å². The SMILES string of the molecule is COCCNc1nc(-c2ccccc2)cc(N2CCN(c3ccccc3)CC2)n1. The van der Waals surface area contributed by atoms with Crippen LogP contribution in [0.5, 0.6) is 0 Å². The average molecular weight is 390 g/mol. The first-order chi connectivity index (χ1) is 14.3. The Morgan fingerprint density at radius 3 is 2.21 bits per heavy atom. The van der Waals surface area contributed by atoms with Crippen LogP contribution < -0.4 is 15.1 Å². The van der Waals surface area contributed by atoms with E-state index >= 15 is 0 Å². The smallest absolute Gasteiger partial charge is 0.225 e. The quantitative estimate of drug-likeness (QED) is 0.624. The lowest BCUT2D eigenvalue weighted by Crippen LogP contribution is -2.46. The van der Waals surface area contributed by atoms with Crippen LogP contribution in [0.1, 0.15) is 0 Å². The minimum atomic E-state index is 0.615. The van der Waals surface area contributed by atoms with Gasteiger partial charge in [-0.15, -0.1) is 0 Å². The predicted molar refractivity (Wildman–Crippen MR) is 119 cm³/mol. The molecule has 0 amide bonds. The van der Waals surface area contributed by atoms with Crippen molar-refractivity contribution < 1.29 is 4.74 Å². The number of benzene rings is 2. The number of aromatic nitrogens is 2. The van der Waals surface area contributed by atoms with E-state index in [9.17, 15) is 0 Å². The first-order valence-electron chi connectivity index (χ1n) is 10.1. The van der Waals surface area contributed by atoms with Crippen molar-refractivity contribution in [1.82, 2.24) is 9.97 Å². The largest absolute Gasteiger partial charge is 0.383 e. The van der Waals surface area contributed by atoms with Crippen LogP contribution in [0.3, 0.4) is 0 Å². The summed E-state index contributed by atoms with van der Waals surface area (Å²) in [7, 11) is 1.70. The number of nitrogens with one attached hydrogen (secondary N) is 1. The molecule has 6 heteroatoms. The Labute approximate surface area is 172 Å². The fraction of sp³-hybridized carbons (Fsp3) is 0.304. The second-order valence-corrected chi connectivity index (χ2v) is 7.03. The Balaban J connectivity index is 1.53. The molecule has 0 atom stereocenters. The number of hydrogen-bond donors (Lipinski definition) is 1. The Morgan fingerprint density at radius 1 is 0.862 bits per heavy atom. The number of rotatable bonds is 7. The van der Waals surface area contributed by atoms with Crippen LogP contribution in [-0.4, -0.2) is 56.4 Å². The van der Waals surface area contributed by atoms with Gasteiger partial charge in [-0.3, -0.25) is 0 Å². The standard InChI is InChI=1S/C23H27N5O/c1-29-17-12-24-23-25-21(19-8-4-2-5-9-19)18-22(26-23)28-15-13-27(14-16-28)20-10-6-3-7-11-20/h2-11,18H,12-17H2,1H3,(H,24,25,26). The molecule has 0 bridgehead atoms. The van der Waals surface area contributed by atoms with Crippen molar-refractivity contribution >= 4 is 17.5 Å². The molecule has 2 heterocycles. The van der Waals surface area contributed by atoms with Gasteiger partial charge in [0.05, 0.1) is 12.3 Å². The molecule has 150 valence electrons. The minimum absolute atomic E-state index is 0.615. The average Bonchev–Trinajstić information content (AvgIpc) is 2.80. The Hall–Kier alpha value is -3.12. The van der Waals surface area contributed by atoms with Crippen molar-refractivity contribution in [3.63, 3.8) is 0 Å². The topological polar surface area (TPSA) is 53.5 Å². The first-order valence-corrected chi connectivity index (χ1v) is 10.1. The second-order valence-electron chi connectivity index (χ2n) is 7.03. The van der Waals surface area contributed by atoms with E-state index in [2.05, 4.69) is 63.6 Å². The third-order valence-corrected chi connectivity index (χ3v) is 5.10. The molecule has 1 aliphatic rings. The fourth-order valence-corrected chi connectivity index (χ4v) is 3.53. The van der Waals surface area contributed by atoms with Crippen molar-refractivity contribution in [2.24, 2.45) is 0 Å². The van der Waals surface area contributed by atoms with Crippen LogP contribution in [0.15, 0.2) is 66.7 Å². The molecule has 1 saturated heterocycles. The number of methoxy groups -OCH3 is 1. The van der Waals surface area contributed by atoms with Gasteiger partial charge >= 0.3 is 0 Å². The van der Waals surface area contributed by atoms with Gasteiger partial charge in [-0.2, -0.15) is 4.98 Å². The van der Waals surface area contributed by atoms with E-state index in [-0.39, 0.29) is 0 Å². The zero-order valence-electron chi connectivity index (χ0n) is 16.8. The third kappa shape index (κ3) is 4.84. The van der Waals surface area contributed by atoms with Crippen LogP contribution in [0.25, 0.3) is 11.3 Å². The van der Waals surface area contributed by atoms with E-state index in [1.54, 1.807) is 7.11 Å². The third-order valence-electron chi connectivity index (χ3n) is 5.10. The maximum Gasteiger partial charge on any atom is 0.225 e. The maximum absolute atomic E-state index is 5.14. The van der Waals surface area contributed by atoms with Crippen LogP contribution in [-0.2, 0) is 4.74 Å². The first kappa shape index (κ1) is 19.2. The number of nitrogens with zero attached hydrogens (tertiary/aromatic N) is 4. The summed E-state index contributed by atoms with van der Waals surface area (Å²) in [6.45, 7) is 5.09. The highest BCUT2D eigenvalue weighted by Crippen LogP contribution is 2.25. The van der Waals surface area contributed by atoms with E-state index < -0.39 is 0 Å². The zero-order chi connectivity index (χ0) is 19.9. The molecule has 1 aliphatic heterocycles. The predicted octanol–water partition coefficient (Wildman–Crippen LogP) is 3.53. The highest BCUT2D eigenvalue weighted by Gasteiger charge is 2.20. The van der Waals surface area contributed by atoms with Crippen LogP contribution in [0, 0.1) is 0 Å². The van der Waals surface area contributed by atoms with Gasteiger partial charge in [0.1, 0.15) is 5.82 Å². The molecule has 1 aromatic heterocycles. The van der Waals surface area contributed by atoms with Gasteiger partial charge in [-0.1, -0.05) is 48.5 Å². The van der Waals surface area contributed by atoms with Crippen LogP contribution in [0.4, 0.5) is 17.5 Å². The number of anilines is 3. The molecule has 4 rings (SSSR count). The van der Waals surface area contributed by atoms with E-state index in [4.69, 9.17) is 14.7 Å². The lowest BCUT2D eigenvalue weighted by atomic mass is 10.1. The van der Waals surface area contributed by atoms with E-state index in [1.807, 2.05) is 18.2 Å². The Kier molecular flexibility index (Phi) is 6.22. The van der Waals surface area contributed by atoms with Gasteiger partial charge in [0.25, 0.3) is 0 Å². The molecule has 1 fully saturated rings. The molecule has 0 unspecified atom stereocenters. The molecule has 0 saturated carbocycles. The molecule has 0 radical (unpaired) electrons. The van der Waals surface area contributed by atoms with Gasteiger partial charge in [0.2, 0.25) is 5.95 Å². The number of ether oxygens (including phenoxy) is 1. The summed E-state index contributed by atoms with van der Waals surface area (Å²) in [5.41, 5.74) is 3.30. The maximum atomic E-state index is 5.14. The minimum Gasteiger partial charge on any atom is -0.383 e. The summed E-state index contributed by atoms with van der Waals surface area (Å²) in [4.78, 5) is 14.3. The van der Waals surface area contributed by atoms with Gasteiger partial charge in [-0.05, 0) is 12.1 Å². The van der Waals surface area contributed by atoms with Crippen molar-refractivity contribution in [2.75, 3.05) is 61.6 Å². The van der Waals surface area contributed by atoms with Gasteiger partial charge < -0.3 is 19.9 Å². The number of piperazine rings is 1. The van der Waals surface area contributed by atoms with Crippen molar-refractivity contribution in [2.45, 2.75) is 0 Å². The molecular formula is C23H27N5O. The number of hydrogen-bond acceptors (Lipinski definition) is 6. The molecule has 0 spiro atoms. The molecular weight excluding hydrogens is 362 g/mol.